The maximum Gasteiger partial charge on any atom is 0.258 e. The number of hydrogen-bond acceptors (Lipinski definition) is 5. The number of aliphatic hydroxyl groups excluding tert-OH is 1. The molecule has 34 heavy (non-hydrogen) atoms. The number of carbonyl (C=O) groups excluding carboxylic acids is 2. The molecule has 5 rings (SSSR count). The summed E-state index contributed by atoms with van der Waals surface area (Å²) >= 11 is 5.67. The van der Waals surface area contributed by atoms with Crippen molar-refractivity contribution in [2.45, 2.75) is 94.5 Å². The van der Waals surface area contributed by atoms with Crippen LogP contribution in [0.3, 0.4) is 0 Å². The first kappa shape index (κ1) is 25.2. The molecule has 2 bridgehead atoms. The molecule has 1 aromatic carbocycles. The molecule has 1 heterocycles. The molecule has 3 aliphatic carbocycles. The highest BCUT2D eigenvalue weighted by atomic mass is 35.5. The van der Waals surface area contributed by atoms with E-state index in [1.807, 2.05) is 0 Å². The van der Waals surface area contributed by atoms with Crippen LogP contribution in [-0.4, -0.2) is 52.8 Å². The lowest BCUT2D eigenvalue weighted by atomic mass is 9.59. The van der Waals surface area contributed by atoms with Crippen molar-refractivity contribution in [1.82, 2.24) is 16.0 Å². The minimum Gasteiger partial charge on any atom is -0.484 e. The van der Waals surface area contributed by atoms with E-state index in [-0.39, 0.29) is 35.2 Å². The fourth-order valence-corrected chi connectivity index (χ4v) is 5.86. The van der Waals surface area contributed by atoms with Gasteiger partial charge in [0.25, 0.3) is 5.91 Å². The molecule has 4 aliphatic rings. The SMILES string of the molecule is CC(C)C1CCCC(C(=O)NC23CCC(NC(=O)COc4ccc(Cl)c(F)c4)(CC2)C(O)C3)N1. The molecule has 4 N–H and O–H groups in total. The zero-order valence-corrected chi connectivity index (χ0v) is 20.6. The monoisotopic (exact) mass is 495 g/mol. The Morgan fingerprint density at radius 3 is 2.62 bits per heavy atom. The molecule has 0 aromatic heterocycles. The zero-order chi connectivity index (χ0) is 24.5. The zero-order valence-electron chi connectivity index (χ0n) is 19.8. The number of aliphatic hydroxyl groups is 1. The van der Waals surface area contributed by atoms with Crippen molar-refractivity contribution < 1.29 is 23.8 Å². The van der Waals surface area contributed by atoms with Crippen molar-refractivity contribution in [3.63, 3.8) is 0 Å². The quantitative estimate of drug-likeness (QED) is 0.466. The molecular formula is C25H35ClFN3O4. The summed E-state index contributed by atoms with van der Waals surface area (Å²) in [4.78, 5) is 25.6. The number of halogens is 2. The molecule has 3 saturated carbocycles. The average molecular weight is 496 g/mol. The summed E-state index contributed by atoms with van der Waals surface area (Å²) in [6.07, 6.45) is 5.11. The van der Waals surface area contributed by atoms with Gasteiger partial charge in [-0.05, 0) is 69.4 Å². The van der Waals surface area contributed by atoms with Crippen molar-refractivity contribution in [3.05, 3.63) is 29.0 Å². The first-order chi connectivity index (χ1) is 16.1. The van der Waals surface area contributed by atoms with Gasteiger partial charge in [0.05, 0.1) is 22.7 Å². The van der Waals surface area contributed by atoms with E-state index in [0.717, 1.165) is 25.3 Å². The van der Waals surface area contributed by atoms with Crippen LogP contribution in [0.5, 0.6) is 5.75 Å². The molecule has 0 spiro atoms. The molecule has 4 fully saturated rings. The Hall–Kier alpha value is -1.90. The summed E-state index contributed by atoms with van der Waals surface area (Å²) in [7, 11) is 0. The Balaban J connectivity index is 1.30. The second-order valence-corrected chi connectivity index (χ2v) is 11.0. The number of amides is 2. The van der Waals surface area contributed by atoms with Gasteiger partial charge < -0.3 is 25.8 Å². The molecule has 0 radical (unpaired) electrons. The van der Waals surface area contributed by atoms with Crippen LogP contribution < -0.4 is 20.7 Å². The van der Waals surface area contributed by atoms with Gasteiger partial charge in [0, 0.05) is 17.6 Å². The third-order valence-corrected chi connectivity index (χ3v) is 8.21. The number of fused-ring (bicyclic) bond motifs is 3. The number of rotatable bonds is 7. The van der Waals surface area contributed by atoms with Crippen LogP contribution in [0.15, 0.2) is 18.2 Å². The van der Waals surface area contributed by atoms with Crippen molar-refractivity contribution >= 4 is 23.4 Å². The minimum absolute atomic E-state index is 0.0135. The lowest BCUT2D eigenvalue weighted by molar-refractivity contribution is -0.137. The van der Waals surface area contributed by atoms with E-state index in [2.05, 4.69) is 29.8 Å². The van der Waals surface area contributed by atoms with Crippen LogP contribution in [-0.2, 0) is 9.59 Å². The van der Waals surface area contributed by atoms with Gasteiger partial charge in [-0.2, -0.15) is 0 Å². The maximum absolute atomic E-state index is 13.6. The Bertz CT molecular complexity index is 919. The van der Waals surface area contributed by atoms with Crippen molar-refractivity contribution in [3.8, 4) is 5.75 Å². The van der Waals surface area contributed by atoms with Crippen LogP contribution in [0.4, 0.5) is 4.39 Å². The van der Waals surface area contributed by atoms with Gasteiger partial charge in [-0.25, -0.2) is 4.39 Å². The second-order valence-electron chi connectivity index (χ2n) is 10.6. The first-order valence-electron chi connectivity index (χ1n) is 12.3. The summed E-state index contributed by atoms with van der Waals surface area (Å²) in [6.45, 7) is 4.05. The van der Waals surface area contributed by atoms with Gasteiger partial charge in [0.15, 0.2) is 6.61 Å². The molecule has 3 atom stereocenters. The maximum atomic E-state index is 13.6. The normalized spacial score (nSPS) is 32.9. The van der Waals surface area contributed by atoms with Crippen LogP contribution >= 0.6 is 11.6 Å². The third kappa shape index (κ3) is 5.34. The average Bonchev–Trinajstić information content (AvgIpc) is 2.81. The number of benzene rings is 1. The first-order valence-corrected chi connectivity index (χ1v) is 12.6. The summed E-state index contributed by atoms with van der Waals surface area (Å²) in [5.74, 6) is -0.291. The lowest BCUT2D eigenvalue weighted by Gasteiger charge is -2.56. The lowest BCUT2D eigenvalue weighted by Crippen LogP contribution is -2.71. The van der Waals surface area contributed by atoms with Crippen molar-refractivity contribution in [2.24, 2.45) is 5.92 Å². The molecule has 9 heteroatoms. The largest absolute Gasteiger partial charge is 0.484 e. The Kier molecular flexibility index (Phi) is 7.41. The van der Waals surface area contributed by atoms with Crippen LogP contribution in [0.1, 0.15) is 65.2 Å². The van der Waals surface area contributed by atoms with E-state index in [1.54, 1.807) is 0 Å². The van der Waals surface area contributed by atoms with Crippen molar-refractivity contribution in [2.75, 3.05) is 6.61 Å². The smallest absolute Gasteiger partial charge is 0.258 e. The highest BCUT2D eigenvalue weighted by molar-refractivity contribution is 6.30. The Morgan fingerprint density at radius 2 is 1.97 bits per heavy atom. The predicted octanol–water partition coefficient (Wildman–Crippen LogP) is 3.07. The Labute approximate surface area is 205 Å². The summed E-state index contributed by atoms with van der Waals surface area (Å²) < 4.78 is 19.0. The van der Waals surface area contributed by atoms with Gasteiger partial charge in [0.2, 0.25) is 5.91 Å². The van der Waals surface area contributed by atoms with Crippen LogP contribution in [0.25, 0.3) is 0 Å². The van der Waals surface area contributed by atoms with Gasteiger partial charge in [-0.1, -0.05) is 25.4 Å². The van der Waals surface area contributed by atoms with Gasteiger partial charge >= 0.3 is 0 Å². The third-order valence-electron chi connectivity index (χ3n) is 7.90. The molecule has 2 amide bonds. The fourth-order valence-electron chi connectivity index (χ4n) is 5.74. The highest BCUT2D eigenvalue weighted by Crippen LogP contribution is 2.47. The van der Waals surface area contributed by atoms with E-state index < -0.39 is 23.0 Å². The number of piperidine rings is 1. The van der Waals surface area contributed by atoms with E-state index in [9.17, 15) is 19.1 Å². The Morgan fingerprint density at radius 1 is 1.24 bits per heavy atom. The molecular weight excluding hydrogens is 461 g/mol. The summed E-state index contributed by atoms with van der Waals surface area (Å²) in [5, 5.41) is 20.7. The second kappa shape index (κ2) is 9.99. The van der Waals surface area contributed by atoms with Crippen molar-refractivity contribution in [1.29, 1.82) is 0 Å². The highest BCUT2D eigenvalue weighted by Gasteiger charge is 2.55. The van der Waals surface area contributed by atoms with Crippen LogP contribution in [0, 0.1) is 11.7 Å². The number of hydrogen-bond donors (Lipinski definition) is 4. The molecule has 7 nitrogen and oxygen atoms in total. The molecule has 1 saturated heterocycles. The minimum atomic E-state index is -0.769. The molecule has 3 unspecified atom stereocenters. The molecule has 1 aromatic rings. The van der Waals surface area contributed by atoms with Gasteiger partial charge in [-0.3, -0.25) is 9.59 Å². The van der Waals surface area contributed by atoms with Crippen LogP contribution in [0.2, 0.25) is 5.02 Å². The summed E-state index contributed by atoms with van der Waals surface area (Å²) in [6, 6.07) is 4.14. The van der Waals surface area contributed by atoms with E-state index >= 15 is 0 Å². The van der Waals surface area contributed by atoms with E-state index in [4.69, 9.17) is 16.3 Å². The van der Waals surface area contributed by atoms with E-state index in [0.29, 0.717) is 44.1 Å². The van der Waals surface area contributed by atoms with E-state index in [1.165, 1.54) is 12.1 Å². The number of nitrogens with one attached hydrogen (secondary N) is 3. The number of carbonyl (C=O) groups is 2. The molecule has 1 aliphatic heterocycles. The molecule has 188 valence electrons. The summed E-state index contributed by atoms with van der Waals surface area (Å²) in [5.41, 5.74) is -1.17. The number of ether oxygens (including phenoxy) is 1. The van der Waals surface area contributed by atoms with Gasteiger partial charge in [-0.15, -0.1) is 0 Å². The topological polar surface area (TPSA) is 99.7 Å². The fraction of sp³-hybridized carbons (Fsp3) is 0.680. The standard InChI is InChI=1S/C25H35ClFN3O4/c1-15(2)19-4-3-5-20(28-19)23(33)30-24-8-10-25(11-9-24,21(31)13-24)29-22(32)14-34-16-6-7-17(26)18(27)12-16/h6-7,12,15,19-21,28,31H,3-5,8-11,13-14H2,1-2H3,(H,29,32)(H,30,33). The predicted molar refractivity (Wildman–Crippen MR) is 127 cm³/mol. The van der Waals surface area contributed by atoms with Gasteiger partial charge in [0.1, 0.15) is 11.6 Å².